The number of thioether (sulfide) groups is 1. The number of carbonyl (C=O) groups is 1. The Hall–Kier alpha value is -2.15. The summed E-state index contributed by atoms with van der Waals surface area (Å²) in [4.78, 5) is 17.2. The number of amides is 1. The Labute approximate surface area is 164 Å². The first-order chi connectivity index (χ1) is 13.0. The van der Waals surface area contributed by atoms with Gasteiger partial charge in [-0.15, -0.1) is 0 Å². The van der Waals surface area contributed by atoms with Crippen molar-refractivity contribution in [2.45, 2.75) is 50.7 Å². The molecule has 0 atom stereocenters. The van der Waals surface area contributed by atoms with Crippen LogP contribution in [0.2, 0.25) is 0 Å². The lowest BCUT2D eigenvalue weighted by molar-refractivity contribution is -0.113. The number of carbonyl (C=O) groups excluding carboxylic acids is 1. The summed E-state index contributed by atoms with van der Waals surface area (Å²) in [6, 6.07) is 5.85. The third kappa shape index (κ3) is 4.40. The van der Waals surface area contributed by atoms with Crippen LogP contribution in [0.4, 0.5) is 5.69 Å². The number of hydrogen-bond acceptors (Lipinski definition) is 5. The number of aryl methyl sites for hydroxylation is 1. The minimum Gasteiger partial charge on any atom is -0.497 e. The number of nitrogens with zero attached hydrogens (tertiary/aromatic N) is 2. The van der Waals surface area contributed by atoms with Crippen molar-refractivity contribution in [3.05, 3.63) is 29.6 Å². The van der Waals surface area contributed by atoms with Gasteiger partial charge >= 0.3 is 0 Å². The molecule has 1 aliphatic rings. The fourth-order valence-corrected chi connectivity index (χ4v) is 4.47. The summed E-state index contributed by atoms with van der Waals surface area (Å²) in [5.41, 5.74) is 2.89. The van der Waals surface area contributed by atoms with Crippen molar-refractivity contribution in [1.82, 2.24) is 9.55 Å². The van der Waals surface area contributed by atoms with Gasteiger partial charge in [0.05, 0.1) is 31.4 Å². The van der Waals surface area contributed by atoms with Crippen LogP contribution in [0.1, 0.15) is 43.1 Å². The summed E-state index contributed by atoms with van der Waals surface area (Å²) in [7, 11) is 3.17. The number of anilines is 1. The van der Waals surface area contributed by atoms with E-state index in [9.17, 15) is 4.79 Å². The van der Waals surface area contributed by atoms with Crippen molar-refractivity contribution >= 4 is 23.4 Å². The van der Waals surface area contributed by atoms with E-state index in [1.807, 2.05) is 6.92 Å². The van der Waals surface area contributed by atoms with E-state index in [0.29, 0.717) is 29.0 Å². The predicted molar refractivity (Wildman–Crippen MR) is 108 cm³/mol. The average molecular weight is 390 g/mol. The second-order valence-electron chi connectivity index (χ2n) is 6.78. The lowest BCUT2D eigenvalue weighted by Gasteiger charge is -2.17. The van der Waals surface area contributed by atoms with E-state index in [2.05, 4.69) is 16.8 Å². The standard InChI is InChI=1S/C20H27N3O3S/c1-13-14(2)23(15-7-5-6-8-15)20(21-13)27-12-19(24)22-17-10-9-16(25-3)11-18(17)26-4/h9-11,15H,5-8,12H2,1-4H3,(H,22,24). The molecule has 0 spiro atoms. The van der Waals surface area contributed by atoms with Gasteiger partial charge in [0.2, 0.25) is 5.91 Å². The number of nitrogens with one attached hydrogen (secondary N) is 1. The number of aromatic nitrogens is 2. The molecule has 1 fully saturated rings. The number of rotatable bonds is 7. The van der Waals surface area contributed by atoms with Gasteiger partial charge in [0.25, 0.3) is 0 Å². The predicted octanol–water partition coefficient (Wildman–Crippen LogP) is 4.36. The topological polar surface area (TPSA) is 65.4 Å². The van der Waals surface area contributed by atoms with E-state index in [1.54, 1.807) is 32.4 Å². The number of benzene rings is 1. The zero-order valence-electron chi connectivity index (χ0n) is 16.4. The van der Waals surface area contributed by atoms with Gasteiger partial charge < -0.3 is 19.4 Å². The van der Waals surface area contributed by atoms with E-state index >= 15 is 0 Å². The molecule has 0 bridgehead atoms. The first-order valence-corrected chi connectivity index (χ1v) is 10.2. The monoisotopic (exact) mass is 389 g/mol. The van der Waals surface area contributed by atoms with Crippen LogP contribution in [0.5, 0.6) is 11.5 Å². The molecule has 1 amide bonds. The molecular formula is C20H27N3O3S. The van der Waals surface area contributed by atoms with E-state index in [1.165, 1.54) is 43.1 Å². The first kappa shape index (κ1) is 19.6. The largest absolute Gasteiger partial charge is 0.497 e. The third-order valence-corrected chi connectivity index (χ3v) is 6.01. The molecule has 6 nitrogen and oxygen atoms in total. The van der Waals surface area contributed by atoms with Crippen LogP contribution in [0.25, 0.3) is 0 Å². The molecule has 1 aliphatic carbocycles. The van der Waals surface area contributed by atoms with Gasteiger partial charge in [-0.25, -0.2) is 4.98 Å². The average Bonchev–Trinajstić information content (AvgIpc) is 3.29. The van der Waals surface area contributed by atoms with Crippen molar-refractivity contribution < 1.29 is 14.3 Å². The summed E-state index contributed by atoms with van der Waals surface area (Å²) in [6.07, 6.45) is 4.92. The molecule has 0 unspecified atom stereocenters. The molecule has 1 N–H and O–H groups in total. The molecular weight excluding hydrogens is 362 g/mol. The maximum Gasteiger partial charge on any atom is 0.234 e. The molecule has 1 aromatic carbocycles. The van der Waals surface area contributed by atoms with Gasteiger partial charge in [-0.05, 0) is 38.8 Å². The van der Waals surface area contributed by atoms with Crippen LogP contribution in [0.15, 0.2) is 23.4 Å². The lowest BCUT2D eigenvalue weighted by atomic mass is 10.2. The Morgan fingerprint density at radius 1 is 1.26 bits per heavy atom. The highest BCUT2D eigenvalue weighted by atomic mass is 32.2. The Morgan fingerprint density at radius 3 is 2.67 bits per heavy atom. The molecule has 1 saturated carbocycles. The highest BCUT2D eigenvalue weighted by Crippen LogP contribution is 2.35. The summed E-state index contributed by atoms with van der Waals surface area (Å²) in [5.74, 6) is 1.48. The third-order valence-electron chi connectivity index (χ3n) is 5.06. The Morgan fingerprint density at radius 2 is 2.00 bits per heavy atom. The summed E-state index contributed by atoms with van der Waals surface area (Å²) < 4.78 is 12.9. The molecule has 0 aliphatic heterocycles. The number of ether oxygens (including phenoxy) is 2. The Bertz CT molecular complexity index is 813. The van der Waals surface area contributed by atoms with Crippen molar-refractivity contribution in [3.63, 3.8) is 0 Å². The second-order valence-corrected chi connectivity index (χ2v) is 7.72. The van der Waals surface area contributed by atoms with Crippen molar-refractivity contribution in [3.8, 4) is 11.5 Å². The quantitative estimate of drug-likeness (QED) is 0.713. The Kier molecular flexibility index (Phi) is 6.31. The van der Waals surface area contributed by atoms with Gasteiger partial charge in [-0.2, -0.15) is 0 Å². The van der Waals surface area contributed by atoms with E-state index in [4.69, 9.17) is 14.5 Å². The fourth-order valence-electron chi connectivity index (χ4n) is 3.51. The lowest BCUT2D eigenvalue weighted by Crippen LogP contribution is -2.16. The molecule has 2 aromatic rings. The summed E-state index contributed by atoms with van der Waals surface area (Å²) >= 11 is 1.49. The van der Waals surface area contributed by atoms with Gasteiger partial charge in [-0.3, -0.25) is 4.79 Å². The van der Waals surface area contributed by atoms with Gasteiger partial charge in [0.1, 0.15) is 11.5 Å². The SMILES string of the molecule is COc1ccc(NC(=O)CSc2nc(C)c(C)n2C2CCCC2)c(OC)c1. The van der Waals surface area contributed by atoms with Crippen LogP contribution < -0.4 is 14.8 Å². The summed E-state index contributed by atoms with van der Waals surface area (Å²) in [6.45, 7) is 4.15. The smallest absolute Gasteiger partial charge is 0.234 e. The summed E-state index contributed by atoms with van der Waals surface area (Å²) in [5, 5.41) is 3.85. The van der Waals surface area contributed by atoms with E-state index < -0.39 is 0 Å². The molecule has 1 heterocycles. The molecule has 1 aromatic heterocycles. The minimum atomic E-state index is -0.0836. The first-order valence-electron chi connectivity index (χ1n) is 9.23. The van der Waals surface area contributed by atoms with Gasteiger partial charge in [-0.1, -0.05) is 24.6 Å². The molecule has 0 radical (unpaired) electrons. The Balaban J connectivity index is 1.67. The molecule has 27 heavy (non-hydrogen) atoms. The number of hydrogen-bond donors (Lipinski definition) is 1. The highest BCUT2D eigenvalue weighted by Gasteiger charge is 2.23. The van der Waals surface area contributed by atoms with Crippen LogP contribution in [0, 0.1) is 13.8 Å². The van der Waals surface area contributed by atoms with Crippen LogP contribution in [0.3, 0.4) is 0 Å². The van der Waals surface area contributed by atoms with Crippen molar-refractivity contribution in [2.24, 2.45) is 0 Å². The normalized spacial score (nSPS) is 14.4. The van der Waals surface area contributed by atoms with Gasteiger partial charge in [0.15, 0.2) is 5.16 Å². The minimum absolute atomic E-state index is 0.0836. The zero-order valence-corrected chi connectivity index (χ0v) is 17.2. The second kappa shape index (κ2) is 8.69. The molecule has 146 valence electrons. The molecule has 0 saturated heterocycles. The maximum atomic E-state index is 12.5. The van der Waals surface area contributed by atoms with Crippen LogP contribution >= 0.6 is 11.8 Å². The van der Waals surface area contributed by atoms with E-state index in [-0.39, 0.29) is 5.91 Å². The maximum absolute atomic E-state index is 12.5. The van der Waals surface area contributed by atoms with Crippen LogP contribution in [-0.2, 0) is 4.79 Å². The van der Waals surface area contributed by atoms with Crippen LogP contribution in [-0.4, -0.2) is 35.4 Å². The molecule has 3 rings (SSSR count). The zero-order chi connectivity index (χ0) is 19.4. The van der Waals surface area contributed by atoms with Crippen molar-refractivity contribution in [2.75, 3.05) is 25.3 Å². The van der Waals surface area contributed by atoms with Gasteiger partial charge in [0, 0.05) is 17.8 Å². The number of imidazole rings is 1. The van der Waals surface area contributed by atoms with Crippen molar-refractivity contribution in [1.29, 1.82) is 0 Å². The molecule has 7 heteroatoms. The fraction of sp³-hybridized carbons (Fsp3) is 0.500. The van der Waals surface area contributed by atoms with E-state index in [0.717, 1.165) is 10.9 Å². The number of methoxy groups -OCH3 is 2. The highest BCUT2D eigenvalue weighted by molar-refractivity contribution is 7.99.